The second kappa shape index (κ2) is 4.45. The first-order chi connectivity index (χ1) is 8.36. The normalized spacial score (nSPS) is 14.4. The van der Waals surface area contributed by atoms with Gasteiger partial charge in [-0.3, -0.25) is 0 Å². The molecule has 0 bridgehead atoms. The van der Waals surface area contributed by atoms with Gasteiger partial charge in [0.05, 0.1) is 11.9 Å². The van der Waals surface area contributed by atoms with Gasteiger partial charge in [0.2, 0.25) is 0 Å². The van der Waals surface area contributed by atoms with Crippen molar-refractivity contribution in [3.8, 4) is 11.3 Å². The number of thioether (sulfide) groups is 1. The van der Waals surface area contributed by atoms with E-state index in [1.54, 1.807) is 0 Å². The predicted molar refractivity (Wildman–Crippen MR) is 72.6 cm³/mol. The molecule has 0 unspecified atom stereocenters. The summed E-state index contributed by atoms with van der Waals surface area (Å²) in [7, 11) is 1.87. The number of fused-ring (bicyclic) bond motifs is 1. The lowest BCUT2D eigenvalue weighted by atomic mass is 10.0. The van der Waals surface area contributed by atoms with Crippen LogP contribution in [-0.2, 0) is 6.42 Å². The number of anilines is 1. The molecule has 88 valence electrons. The first kappa shape index (κ1) is 10.7. The van der Waals surface area contributed by atoms with E-state index in [1.165, 1.54) is 34.6 Å². The Morgan fingerprint density at radius 2 is 2.35 bits per heavy atom. The van der Waals surface area contributed by atoms with Crippen molar-refractivity contribution in [2.24, 2.45) is 0 Å². The molecule has 3 rings (SSSR count). The van der Waals surface area contributed by atoms with Crippen molar-refractivity contribution in [3.05, 3.63) is 30.0 Å². The van der Waals surface area contributed by atoms with Crippen molar-refractivity contribution in [1.29, 1.82) is 0 Å². The number of nitrogens with one attached hydrogen (secondary N) is 2. The van der Waals surface area contributed by atoms with Gasteiger partial charge < -0.3 is 10.3 Å². The monoisotopic (exact) mass is 245 g/mol. The molecule has 1 aromatic heterocycles. The van der Waals surface area contributed by atoms with Gasteiger partial charge in [0.25, 0.3) is 0 Å². The van der Waals surface area contributed by atoms with E-state index in [0.29, 0.717) is 0 Å². The minimum Gasteiger partial charge on any atom is -0.359 e. The van der Waals surface area contributed by atoms with E-state index >= 15 is 0 Å². The van der Waals surface area contributed by atoms with Gasteiger partial charge in [0, 0.05) is 11.9 Å². The lowest BCUT2D eigenvalue weighted by Crippen LogP contribution is -1.98. The Bertz CT molecular complexity index is 533. The summed E-state index contributed by atoms with van der Waals surface area (Å²) >= 11 is 1.96. The van der Waals surface area contributed by atoms with Crippen LogP contribution in [0.5, 0.6) is 0 Å². The van der Waals surface area contributed by atoms with Crippen molar-refractivity contribution < 1.29 is 0 Å². The molecule has 0 spiro atoms. The molecule has 4 heteroatoms. The molecule has 0 aliphatic carbocycles. The standard InChI is InChI=1S/C13H15N3S/c1-14-13-15-8-11(16-13)9-4-5-12-10(7-9)3-2-6-17-12/h4-5,7-8H,2-3,6H2,1H3,(H2,14,15,16). The summed E-state index contributed by atoms with van der Waals surface area (Å²) in [5.74, 6) is 2.06. The average molecular weight is 245 g/mol. The number of aryl methyl sites for hydroxylation is 1. The second-order valence-corrected chi connectivity index (χ2v) is 5.31. The van der Waals surface area contributed by atoms with Crippen molar-refractivity contribution in [3.63, 3.8) is 0 Å². The molecular formula is C13H15N3S. The molecule has 17 heavy (non-hydrogen) atoms. The number of hydrogen-bond acceptors (Lipinski definition) is 3. The third-order valence-electron chi connectivity index (χ3n) is 3.03. The van der Waals surface area contributed by atoms with Gasteiger partial charge in [-0.05, 0) is 41.9 Å². The van der Waals surface area contributed by atoms with Crippen LogP contribution in [0.4, 0.5) is 5.95 Å². The van der Waals surface area contributed by atoms with Crippen LogP contribution in [0.3, 0.4) is 0 Å². The molecule has 2 aromatic rings. The summed E-state index contributed by atoms with van der Waals surface area (Å²) in [6.45, 7) is 0. The number of hydrogen-bond donors (Lipinski definition) is 2. The summed E-state index contributed by atoms with van der Waals surface area (Å²) in [5.41, 5.74) is 3.77. The van der Waals surface area contributed by atoms with Gasteiger partial charge in [-0.1, -0.05) is 6.07 Å². The third kappa shape index (κ3) is 2.05. The highest BCUT2D eigenvalue weighted by atomic mass is 32.2. The van der Waals surface area contributed by atoms with E-state index in [1.807, 2.05) is 25.0 Å². The Labute approximate surface area is 105 Å². The van der Waals surface area contributed by atoms with E-state index in [2.05, 4.69) is 33.5 Å². The second-order valence-electron chi connectivity index (χ2n) is 4.17. The van der Waals surface area contributed by atoms with Crippen molar-refractivity contribution in [1.82, 2.24) is 9.97 Å². The molecule has 0 amide bonds. The van der Waals surface area contributed by atoms with E-state index in [4.69, 9.17) is 0 Å². The molecule has 0 radical (unpaired) electrons. The summed E-state index contributed by atoms with van der Waals surface area (Å²) < 4.78 is 0. The number of H-pyrrole nitrogens is 1. The quantitative estimate of drug-likeness (QED) is 0.854. The van der Waals surface area contributed by atoms with Crippen molar-refractivity contribution in [2.75, 3.05) is 18.1 Å². The molecule has 1 aliphatic rings. The van der Waals surface area contributed by atoms with Crippen LogP contribution in [0.25, 0.3) is 11.3 Å². The van der Waals surface area contributed by atoms with Crippen LogP contribution in [0.2, 0.25) is 0 Å². The van der Waals surface area contributed by atoms with Gasteiger partial charge in [0.1, 0.15) is 0 Å². The summed E-state index contributed by atoms with van der Waals surface area (Å²) in [6, 6.07) is 6.69. The molecule has 0 saturated carbocycles. The Hall–Kier alpha value is -1.42. The van der Waals surface area contributed by atoms with E-state index in [0.717, 1.165) is 11.6 Å². The molecule has 1 aliphatic heterocycles. The highest BCUT2D eigenvalue weighted by molar-refractivity contribution is 7.99. The fourth-order valence-corrected chi connectivity index (χ4v) is 3.14. The van der Waals surface area contributed by atoms with Gasteiger partial charge in [-0.2, -0.15) is 0 Å². The number of nitrogens with zero attached hydrogens (tertiary/aromatic N) is 1. The number of imidazole rings is 1. The Kier molecular flexibility index (Phi) is 2.81. The molecule has 3 nitrogen and oxygen atoms in total. The highest BCUT2D eigenvalue weighted by Crippen LogP contribution is 2.32. The lowest BCUT2D eigenvalue weighted by Gasteiger charge is -2.15. The minimum atomic E-state index is 0.812. The zero-order chi connectivity index (χ0) is 11.7. The molecule has 0 saturated heterocycles. The number of aromatic amines is 1. The van der Waals surface area contributed by atoms with E-state index < -0.39 is 0 Å². The van der Waals surface area contributed by atoms with Gasteiger partial charge in [-0.15, -0.1) is 11.8 Å². The molecule has 1 aromatic carbocycles. The van der Waals surface area contributed by atoms with Crippen LogP contribution in [0.15, 0.2) is 29.3 Å². The van der Waals surface area contributed by atoms with Crippen molar-refractivity contribution in [2.45, 2.75) is 17.7 Å². The minimum absolute atomic E-state index is 0.812. The maximum atomic E-state index is 4.25. The smallest absolute Gasteiger partial charge is 0.200 e. The number of benzene rings is 1. The fourth-order valence-electron chi connectivity index (χ4n) is 2.12. The van der Waals surface area contributed by atoms with Crippen molar-refractivity contribution >= 4 is 17.7 Å². The topological polar surface area (TPSA) is 40.7 Å². The molecule has 0 fully saturated rings. The Balaban J connectivity index is 1.97. The molecule has 2 N–H and O–H groups in total. The van der Waals surface area contributed by atoms with E-state index in [-0.39, 0.29) is 0 Å². The SMILES string of the molecule is CNc1ncc(-c2ccc3c(c2)CCCS3)[nH]1. The average Bonchev–Trinajstić information content (AvgIpc) is 2.87. The summed E-state index contributed by atoms with van der Waals surface area (Å²) in [6.07, 6.45) is 4.36. The van der Waals surface area contributed by atoms with Crippen LogP contribution >= 0.6 is 11.8 Å². The van der Waals surface area contributed by atoms with Crippen LogP contribution < -0.4 is 5.32 Å². The van der Waals surface area contributed by atoms with Gasteiger partial charge in [-0.25, -0.2) is 4.98 Å². The lowest BCUT2D eigenvalue weighted by molar-refractivity contribution is 0.890. The number of rotatable bonds is 2. The Morgan fingerprint density at radius 1 is 1.41 bits per heavy atom. The van der Waals surface area contributed by atoms with Crippen LogP contribution in [-0.4, -0.2) is 22.8 Å². The highest BCUT2D eigenvalue weighted by Gasteiger charge is 2.11. The van der Waals surface area contributed by atoms with E-state index in [9.17, 15) is 0 Å². The third-order valence-corrected chi connectivity index (χ3v) is 4.23. The molecule has 0 atom stereocenters. The van der Waals surface area contributed by atoms with Crippen LogP contribution in [0.1, 0.15) is 12.0 Å². The zero-order valence-corrected chi connectivity index (χ0v) is 10.6. The maximum absolute atomic E-state index is 4.25. The maximum Gasteiger partial charge on any atom is 0.200 e. The first-order valence-corrected chi connectivity index (χ1v) is 6.84. The molecular weight excluding hydrogens is 230 g/mol. The van der Waals surface area contributed by atoms with Gasteiger partial charge in [0.15, 0.2) is 5.95 Å². The fraction of sp³-hybridized carbons (Fsp3) is 0.308. The molecule has 2 heterocycles. The largest absolute Gasteiger partial charge is 0.359 e. The Morgan fingerprint density at radius 3 is 3.18 bits per heavy atom. The van der Waals surface area contributed by atoms with Gasteiger partial charge >= 0.3 is 0 Å². The summed E-state index contributed by atoms with van der Waals surface area (Å²) in [5, 5.41) is 3.01. The first-order valence-electron chi connectivity index (χ1n) is 5.85. The number of aromatic nitrogens is 2. The predicted octanol–water partition coefficient (Wildman–Crippen LogP) is 3.16. The summed E-state index contributed by atoms with van der Waals surface area (Å²) in [4.78, 5) is 8.95. The zero-order valence-electron chi connectivity index (χ0n) is 9.79. The van der Waals surface area contributed by atoms with Crippen LogP contribution in [0, 0.1) is 0 Å².